The molecule has 0 heterocycles. The third-order valence-electron chi connectivity index (χ3n) is 9.16. The molecule has 11 heteroatoms. The number of nitrogens with zero attached hydrogens (tertiary/aromatic N) is 2. The largest absolute Gasteiger partial charge is 0.510 e. The van der Waals surface area contributed by atoms with Gasteiger partial charge in [-0.3, -0.25) is 19.3 Å². The Labute approximate surface area is 232 Å². The Hall–Kier alpha value is -3.41. The van der Waals surface area contributed by atoms with E-state index in [4.69, 9.17) is 5.73 Å². The van der Waals surface area contributed by atoms with Gasteiger partial charge in [-0.05, 0) is 62.9 Å². The summed E-state index contributed by atoms with van der Waals surface area (Å²) < 4.78 is 0. The maximum atomic E-state index is 14.0. The number of aliphatic hydroxyl groups is 3. The number of nitrogens with two attached hydrogens (primary N) is 1. The first-order valence-electron chi connectivity index (χ1n) is 13.7. The minimum absolute atomic E-state index is 0.0223. The quantitative estimate of drug-likeness (QED) is 0.280. The molecule has 4 atom stereocenters. The van der Waals surface area contributed by atoms with Gasteiger partial charge < -0.3 is 36.4 Å². The lowest BCUT2D eigenvalue weighted by atomic mass is 9.58. The summed E-state index contributed by atoms with van der Waals surface area (Å²) in [5.41, 5.74) is 4.07. The highest BCUT2D eigenvalue weighted by atomic mass is 16.3. The van der Waals surface area contributed by atoms with Gasteiger partial charge in [-0.1, -0.05) is 12.8 Å². The van der Waals surface area contributed by atoms with E-state index in [0.29, 0.717) is 18.2 Å². The highest BCUT2D eigenvalue weighted by Crippen LogP contribution is 2.53. The van der Waals surface area contributed by atoms with Crippen molar-refractivity contribution in [2.75, 3.05) is 33.1 Å². The van der Waals surface area contributed by atoms with Crippen LogP contribution in [0.15, 0.2) is 28.7 Å². The third-order valence-corrected chi connectivity index (χ3v) is 9.16. The molecule has 0 aliphatic heterocycles. The molecule has 7 N–H and O–H groups in total. The van der Waals surface area contributed by atoms with E-state index < -0.39 is 58.0 Å². The molecular weight excluding hydrogens is 516 g/mol. The summed E-state index contributed by atoms with van der Waals surface area (Å²) in [6.45, 7) is 0.514. The summed E-state index contributed by atoms with van der Waals surface area (Å²) in [5, 5.41) is 48.8. The van der Waals surface area contributed by atoms with Crippen LogP contribution in [0.25, 0.3) is 0 Å². The van der Waals surface area contributed by atoms with E-state index in [1.165, 1.54) is 12.8 Å². The molecular formula is C29H38N4O7. The second kappa shape index (κ2) is 9.90. The van der Waals surface area contributed by atoms with Gasteiger partial charge in [0.2, 0.25) is 5.78 Å². The van der Waals surface area contributed by atoms with Crippen LogP contribution in [0.3, 0.4) is 0 Å². The molecule has 0 spiro atoms. The number of nitrogens with one attached hydrogen (secondary N) is 1. The molecule has 40 heavy (non-hydrogen) atoms. The number of anilines is 1. The highest BCUT2D eigenvalue weighted by Gasteiger charge is 2.63. The van der Waals surface area contributed by atoms with Crippen LogP contribution in [0.5, 0.6) is 5.75 Å². The number of hydrogen-bond acceptors (Lipinski definition) is 10. The van der Waals surface area contributed by atoms with E-state index in [2.05, 4.69) is 5.32 Å². The Morgan fingerprint density at radius 1 is 1.12 bits per heavy atom. The number of phenols is 1. The van der Waals surface area contributed by atoms with Gasteiger partial charge in [-0.2, -0.15) is 0 Å². The molecule has 0 unspecified atom stereocenters. The van der Waals surface area contributed by atoms with Crippen LogP contribution in [0, 0.1) is 11.8 Å². The fourth-order valence-electron chi connectivity index (χ4n) is 7.45. The summed E-state index contributed by atoms with van der Waals surface area (Å²) >= 11 is 0. The smallest absolute Gasteiger partial charge is 0.255 e. The summed E-state index contributed by atoms with van der Waals surface area (Å²) in [6, 6.07) is 0.941. The number of amides is 1. The third kappa shape index (κ3) is 4.02. The van der Waals surface area contributed by atoms with Crippen LogP contribution >= 0.6 is 0 Å². The summed E-state index contributed by atoms with van der Waals surface area (Å²) in [4.78, 5) is 43.0. The summed E-state index contributed by atoms with van der Waals surface area (Å²) in [5.74, 6) is -6.50. The van der Waals surface area contributed by atoms with Crippen LogP contribution in [0.2, 0.25) is 0 Å². The first-order valence-corrected chi connectivity index (χ1v) is 13.7. The zero-order valence-electron chi connectivity index (χ0n) is 23.3. The average molecular weight is 555 g/mol. The lowest BCUT2D eigenvalue weighted by molar-refractivity contribution is -0.148. The maximum Gasteiger partial charge on any atom is 0.255 e. The van der Waals surface area contributed by atoms with E-state index in [1.807, 2.05) is 19.0 Å². The molecule has 0 aromatic heterocycles. The van der Waals surface area contributed by atoms with E-state index in [1.54, 1.807) is 25.1 Å². The van der Waals surface area contributed by atoms with Crippen molar-refractivity contribution in [2.24, 2.45) is 17.6 Å². The van der Waals surface area contributed by atoms with Crippen molar-refractivity contribution in [3.8, 4) is 5.75 Å². The van der Waals surface area contributed by atoms with Crippen molar-refractivity contribution >= 4 is 23.2 Å². The van der Waals surface area contributed by atoms with Crippen molar-refractivity contribution in [1.82, 2.24) is 10.2 Å². The molecule has 1 amide bonds. The van der Waals surface area contributed by atoms with E-state index >= 15 is 0 Å². The fourth-order valence-corrected chi connectivity index (χ4v) is 7.45. The van der Waals surface area contributed by atoms with Crippen molar-refractivity contribution in [1.29, 1.82) is 0 Å². The number of carbonyl (C=O) groups is 3. The standard InChI is InChI=1S/C29H38N4O7/c1-32(2)22-14(12-31-15-7-5-6-8-15)11-18(34)20-16(22)9-13-10-17-23(33(3)4)25(36)21(28(30)39)27(38)29(17,40)26(37)19(13)24(20)35/h11,13,15,17,23,31,34,36-37,40H,5-10,12H2,1-4H3,(H2,30,39)/t13-,17-,23-,29-/m0/s1. The maximum absolute atomic E-state index is 14.0. The van der Waals surface area contributed by atoms with Crippen LogP contribution in [0.4, 0.5) is 5.69 Å². The zero-order chi connectivity index (χ0) is 29.3. The van der Waals surface area contributed by atoms with Crippen LogP contribution in [-0.4, -0.2) is 88.7 Å². The van der Waals surface area contributed by atoms with Gasteiger partial charge in [0, 0.05) is 43.9 Å². The Morgan fingerprint density at radius 3 is 2.35 bits per heavy atom. The number of phenolic OH excluding ortho intramolecular Hbond substituents is 1. The highest BCUT2D eigenvalue weighted by molar-refractivity contribution is 6.24. The van der Waals surface area contributed by atoms with Crippen molar-refractivity contribution in [3.05, 3.63) is 45.4 Å². The molecule has 0 bridgehead atoms. The molecule has 4 aliphatic carbocycles. The van der Waals surface area contributed by atoms with Gasteiger partial charge in [0.05, 0.1) is 11.6 Å². The monoisotopic (exact) mass is 554 g/mol. The van der Waals surface area contributed by atoms with Gasteiger partial charge in [0.15, 0.2) is 11.4 Å². The molecule has 4 aliphatic rings. The molecule has 1 saturated carbocycles. The van der Waals surface area contributed by atoms with Gasteiger partial charge in [0.1, 0.15) is 22.8 Å². The minimum atomic E-state index is -2.64. The number of rotatable bonds is 6. The number of ketones is 2. The number of fused-ring (bicyclic) bond motifs is 3. The number of Topliss-reactive ketones (excluding diaryl/α,β-unsaturated/α-hetero) is 2. The Bertz CT molecular complexity index is 1360. The Morgan fingerprint density at radius 2 is 1.77 bits per heavy atom. The Balaban J connectivity index is 1.64. The van der Waals surface area contributed by atoms with Gasteiger partial charge in [0.25, 0.3) is 5.91 Å². The molecule has 1 fully saturated rings. The van der Waals surface area contributed by atoms with Crippen molar-refractivity contribution in [2.45, 2.75) is 62.8 Å². The topological polar surface area (TPSA) is 177 Å². The normalized spacial score (nSPS) is 28.6. The second-order valence-corrected chi connectivity index (χ2v) is 12.0. The molecule has 5 rings (SSSR count). The number of primary amides is 1. The van der Waals surface area contributed by atoms with Crippen LogP contribution in [0.1, 0.15) is 53.6 Å². The molecule has 216 valence electrons. The number of likely N-dealkylation sites (N-methyl/N-ethyl adjacent to an activating group) is 1. The van der Waals surface area contributed by atoms with Gasteiger partial charge in [-0.15, -0.1) is 0 Å². The average Bonchev–Trinajstić information content (AvgIpc) is 3.38. The number of allylic oxidation sites excluding steroid dienone is 1. The lowest BCUT2D eigenvalue weighted by Crippen LogP contribution is -2.63. The minimum Gasteiger partial charge on any atom is -0.510 e. The molecule has 1 aromatic carbocycles. The Kier molecular flexibility index (Phi) is 6.96. The van der Waals surface area contributed by atoms with Crippen LogP contribution in [-0.2, 0) is 22.6 Å². The number of carbonyl (C=O) groups excluding carboxylic acids is 3. The molecule has 0 saturated heterocycles. The summed E-state index contributed by atoms with van der Waals surface area (Å²) in [7, 11) is 6.96. The fraction of sp³-hybridized carbons (Fsp3) is 0.552. The second-order valence-electron chi connectivity index (χ2n) is 12.0. The first kappa shape index (κ1) is 28.1. The summed E-state index contributed by atoms with van der Waals surface area (Å²) in [6.07, 6.45) is 4.86. The predicted molar refractivity (Wildman–Crippen MR) is 147 cm³/mol. The SMILES string of the molecule is CN(C)c1c(CNC2CCCC2)cc(O)c2c1C[C@H]1C[C@H]3[C@H](N(C)C)C(O)=C(C(N)=O)C(=O)[C@@]3(O)C(O)=C1C2=O. The first-order chi connectivity index (χ1) is 18.8. The zero-order valence-corrected chi connectivity index (χ0v) is 23.3. The van der Waals surface area contributed by atoms with Crippen LogP contribution < -0.4 is 16.0 Å². The van der Waals surface area contributed by atoms with E-state index in [9.17, 15) is 34.8 Å². The van der Waals surface area contributed by atoms with E-state index in [-0.39, 0.29) is 29.7 Å². The molecule has 1 aromatic rings. The lowest BCUT2D eigenvalue weighted by Gasteiger charge is -2.50. The predicted octanol–water partition coefficient (Wildman–Crippen LogP) is 1.22. The molecule has 0 radical (unpaired) electrons. The van der Waals surface area contributed by atoms with Crippen molar-refractivity contribution in [3.63, 3.8) is 0 Å². The number of aromatic hydroxyl groups is 1. The van der Waals surface area contributed by atoms with Gasteiger partial charge >= 0.3 is 0 Å². The van der Waals surface area contributed by atoms with Gasteiger partial charge in [-0.25, -0.2) is 0 Å². The number of aliphatic hydroxyl groups excluding tert-OH is 2. The van der Waals surface area contributed by atoms with Crippen molar-refractivity contribution < 1.29 is 34.8 Å². The number of benzene rings is 1. The number of hydrogen-bond donors (Lipinski definition) is 6. The molecule has 11 nitrogen and oxygen atoms in total. The van der Waals surface area contributed by atoms with E-state index in [0.717, 1.165) is 24.1 Å².